The van der Waals surface area contributed by atoms with Gasteiger partial charge in [-0.1, -0.05) is 24.3 Å². The van der Waals surface area contributed by atoms with Crippen molar-refractivity contribution in [3.63, 3.8) is 0 Å². The van der Waals surface area contributed by atoms with E-state index in [0.717, 1.165) is 19.6 Å². The zero-order valence-electron chi connectivity index (χ0n) is 14.5. The van der Waals surface area contributed by atoms with E-state index in [-0.39, 0.29) is 23.2 Å². The molecule has 26 heavy (non-hydrogen) atoms. The van der Waals surface area contributed by atoms with Crippen LogP contribution in [0.2, 0.25) is 0 Å². The average Bonchev–Trinajstić information content (AvgIpc) is 3.16. The first-order valence-corrected chi connectivity index (χ1v) is 11.1. The fourth-order valence-corrected chi connectivity index (χ4v) is 4.81. The van der Waals surface area contributed by atoms with E-state index in [1.807, 2.05) is 6.07 Å². The quantitative estimate of drug-likeness (QED) is 0.816. The van der Waals surface area contributed by atoms with Crippen molar-refractivity contribution in [2.24, 2.45) is 0 Å². The van der Waals surface area contributed by atoms with Gasteiger partial charge in [0.1, 0.15) is 0 Å². The largest absolute Gasteiger partial charge is 0.337 e. The molecule has 1 saturated heterocycles. The van der Waals surface area contributed by atoms with Gasteiger partial charge in [-0.2, -0.15) is 0 Å². The first-order valence-electron chi connectivity index (χ1n) is 8.60. The summed E-state index contributed by atoms with van der Waals surface area (Å²) in [4.78, 5) is 17.9. The topological polar surface area (TPSA) is 69.7 Å². The molecule has 3 rings (SSSR count). The highest BCUT2D eigenvalue weighted by molar-refractivity contribution is 7.91. The van der Waals surface area contributed by atoms with Gasteiger partial charge in [-0.3, -0.25) is 4.90 Å². The lowest BCUT2D eigenvalue weighted by Gasteiger charge is -2.34. The van der Waals surface area contributed by atoms with Crippen LogP contribution in [0.4, 0.5) is 4.79 Å². The number of amides is 2. The Bertz CT molecular complexity index is 799. The molecule has 140 valence electrons. The molecular weight excluding hydrogens is 370 g/mol. The highest BCUT2D eigenvalue weighted by Gasteiger charge is 2.22. The van der Waals surface area contributed by atoms with E-state index in [0.29, 0.717) is 13.1 Å². The van der Waals surface area contributed by atoms with E-state index >= 15 is 0 Å². The summed E-state index contributed by atoms with van der Waals surface area (Å²) in [6.45, 7) is 4.00. The number of hydrogen-bond acceptors (Lipinski definition) is 5. The van der Waals surface area contributed by atoms with Crippen LogP contribution in [-0.4, -0.2) is 62.7 Å². The van der Waals surface area contributed by atoms with Gasteiger partial charge >= 0.3 is 6.03 Å². The minimum Gasteiger partial charge on any atom is -0.337 e. The number of urea groups is 1. The van der Waals surface area contributed by atoms with Crippen LogP contribution >= 0.6 is 11.3 Å². The minimum absolute atomic E-state index is 0.0961. The number of rotatable bonds is 6. The summed E-state index contributed by atoms with van der Waals surface area (Å²) in [5, 5.41) is 4.80. The Kier molecular flexibility index (Phi) is 6.29. The van der Waals surface area contributed by atoms with Crippen molar-refractivity contribution in [1.29, 1.82) is 0 Å². The number of carbonyl (C=O) groups excluding carboxylic acids is 1. The third-order valence-electron chi connectivity index (χ3n) is 4.37. The van der Waals surface area contributed by atoms with Crippen LogP contribution in [-0.2, 0) is 16.4 Å². The van der Waals surface area contributed by atoms with Crippen LogP contribution in [0.25, 0.3) is 0 Å². The number of benzene rings is 1. The molecule has 1 aliphatic heterocycles. The second kappa shape index (κ2) is 8.66. The smallest absolute Gasteiger partial charge is 0.317 e. The Balaban J connectivity index is 1.40. The van der Waals surface area contributed by atoms with Gasteiger partial charge in [0.25, 0.3) is 0 Å². The van der Waals surface area contributed by atoms with E-state index in [1.165, 1.54) is 4.88 Å². The molecule has 1 N–H and O–H groups in total. The Morgan fingerprint density at radius 3 is 2.42 bits per heavy atom. The van der Waals surface area contributed by atoms with Crippen molar-refractivity contribution < 1.29 is 13.2 Å². The maximum Gasteiger partial charge on any atom is 0.317 e. The van der Waals surface area contributed by atoms with E-state index in [2.05, 4.69) is 21.7 Å². The summed E-state index contributed by atoms with van der Waals surface area (Å²) in [7, 11) is -3.36. The van der Waals surface area contributed by atoms with Crippen LogP contribution in [0.3, 0.4) is 0 Å². The number of hydrogen-bond donors (Lipinski definition) is 1. The second-order valence-electron chi connectivity index (χ2n) is 6.21. The van der Waals surface area contributed by atoms with E-state index < -0.39 is 9.84 Å². The predicted octanol–water partition coefficient (Wildman–Crippen LogP) is 2.05. The highest BCUT2D eigenvalue weighted by atomic mass is 32.2. The first-order chi connectivity index (χ1) is 12.5. The Hall–Kier alpha value is -1.90. The molecule has 1 aromatic heterocycles. The number of nitrogens with zero attached hydrogens (tertiary/aromatic N) is 2. The minimum atomic E-state index is -3.36. The molecule has 0 spiro atoms. The molecule has 2 heterocycles. The second-order valence-corrected chi connectivity index (χ2v) is 9.35. The van der Waals surface area contributed by atoms with E-state index in [1.54, 1.807) is 46.6 Å². The zero-order valence-corrected chi connectivity index (χ0v) is 16.1. The molecule has 0 unspecified atom stereocenters. The molecule has 0 radical (unpaired) electrons. The molecule has 0 bridgehead atoms. The molecule has 6 nitrogen and oxygen atoms in total. The molecule has 1 aromatic carbocycles. The maximum atomic E-state index is 12.2. The zero-order chi connectivity index (χ0) is 18.4. The Labute approximate surface area is 158 Å². The standard InChI is InChI=1S/C18H23N3O3S2/c22-18(19-8-14-26(23,24)17-6-2-1-3-7-17)21-11-9-20(10-12-21)15-16-5-4-13-25-16/h1-7,13H,8-12,14-15H2,(H,19,22). The lowest BCUT2D eigenvalue weighted by atomic mass is 10.3. The van der Waals surface area contributed by atoms with Gasteiger partial charge in [0.05, 0.1) is 10.6 Å². The summed E-state index contributed by atoms with van der Waals surface area (Å²) < 4.78 is 24.4. The predicted molar refractivity (Wildman–Crippen MR) is 103 cm³/mol. The van der Waals surface area contributed by atoms with Crippen molar-refractivity contribution in [1.82, 2.24) is 15.1 Å². The monoisotopic (exact) mass is 393 g/mol. The van der Waals surface area contributed by atoms with Crippen molar-refractivity contribution in [3.05, 3.63) is 52.7 Å². The lowest BCUT2D eigenvalue weighted by Crippen LogP contribution is -2.51. The average molecular weight is 394 g/mol. The molecule has 0 saturated carbocycles. The molecular formula is C18H23N3O3S2. The van der Waals surface area contributed by atoms with Gasteiger partial charge < -0.3 is 10.2 Å². The van der Waals surface area contributed by atoms with Crippen LogP contribution in [0.1, 0.15) is 4.88 Å². The Morgan fingerprint density at radius 1 is 1.04 bits per heavy atom. The van der Waals surface area contributed by atoms with Gasteiger partial charge in [-0.25, -0.2) is 13.2 Å². The summed E-state index contributed by atoms with van der Waals surface area (Å²) >= 11 is 1.74. The van der Waals surface area contributed by atoms with Crippen LogP contribution in [0, 0.1) is 0 Å². The van der Waals surface area contributed by atoms with Crippen molar-refractivity contribution in [3.8, 4) is 0 Å². The fourth-order valence-electron chi connectivity index (χ4n) is 2.88. The molecule has 0 atom stereocenters. The van der Waals surface area contributed by atoms with Crippen LogP contribution < -0.4 is 5.32 Å². The first kappa shape index (κ1) is 18.9. The van der Waals surface area contributed by atoms with E-state index in [4.69, 9.17) is 0 Å². The van der Waals surface area contributed by atoms with Gasteiger partial charge in [0.15, 0.2) is 9.84 Å². The van der Waals surface area contributed by atoms with E-state index in [9.17, 15) is 13.2 Å². The summed E-state index contributed by atoms with van der Waals surface area (Å²) in [6, 6.07) is 12.3. The molecule has 1 fully saturated rings. The summed E-state index contributed by atoms with van der Waals surface area (Å²) in [5.74, 6) is -0.0961. The van der Waals surface area contributed by atoms with Gasteiger partial charge in [0.2, 0.25) is 0 Å². The van der Waals surface area contributed by atoms with Crippen LogP contribution in [0.15, 0.2) is 52.7 Å². The summed E-state index contributed by atoms with van der Waals surface area (Å²) in [6.07, 6.45) is 0. The number of carbonyl (C=O) groups is 1. The highest BCUT2D eigenvalue weighted by Crippen LogP contribution is 2.13. The van der Waals surface area contributed by atoms with Crippen molar-refractivity contribution >= 4 is 27.2 Å². The Morgan fingerprint density at radius 2 is 1.77 bits per heavy atom. The normalized spacial score (nSPS) is 15.8. The lowest BCUT2D eigenvalue weighted by molar-refractivity contribution is 0.136. The number of sulfone groups is 1. The van der Waals surface area contributed by atoms with Crippen LogP contribution in [0.5, 0.6) is 0 Å². The number of nitrogens with one attached hydrogen (secondary N) is 1. The number of thiophene rings is 1. The molecule has 0 aliphatic carbocycles. The fraction of sp³-hybridized carbons (Fsp3) is 0.389. The summed E-state index contributed by atoms with van der Waals surface area (Å²) in [5.41, 5.74) is 0. The van der Waals surface area contributed by atoms with Gasteiger partial charge in [-0.05, 0) is 23.6 Å². The van der Waals surface area contributed by atoms with Crippen molar-refractivity contribution in [2.45, 2.75) is 11.4 Å². The maximum absolute atomic E-state index is 12.2. The van der Waals surface area contributed by atoms with Crippen molar-refractivity contribution in [2.75, 3.05) is 38.5 Å². The third kappa shape index (κ3) is 5.06. The SMILES string of the molecule is O=C(NCCS(=O)(=O)c1ccccc1)N1CCN(Cc2cccs2)CC1. The molecule has 1 aliphatic rings. The molecule has 2 aromatic rings. The molecule has 2 amide bonds. The van der Waals surface area contributed by atoms with Gasteiger partial charge in [0, 0.05) is 44.1 Å². The molecule has 8 heteroatoms. The van der Waals surface area contributed by atoms with Gasteiger partial charge in [-0.15, -0.1) is 11.3 Å². The third-order valence-corrected chi connectivity index (χ3v) is 6.96. The number of piperazine rings is 1.